The molecule has 2 aromatic carbocycles. The zero-order valence-corrected chi connectivity index (χ0v) is 15.1. The third-order valence-corrected chi connectivity index (χ3v) is 4.45. The third kappa shape index (κ3) is 6.76. The maximum absolute atomic E-state index is 12.9. The van der Waals surface area contributed by atoms with Crippen LogP contribution in [0.15, 0.2) is 48.5 Å². The summed E-state index contributed by atoms with van der Waals surface area (Å²) in [6.45, 7) is 1.62. The molecule has 0 bridgehead atoms. The molecule has 0 radical (unpaired) electrons. The molecule has 2 aromatic rings. The van der Waals surface area contributed by atoms with E-state index >= 15 is 0 Å². The zero-order valence-electron chi connectivity index (χ0n) is 14.3. The van der Waals surface area contributed by atoms with Gasteiger partial charge in [-0.15, -0.1) is 0 Å². The number of benzene rings is 2. The van der Waals surface area contributed by atoms with Crippen molar-refractivity contribution < 1.29 is 23.8 Å². The second-order valence-electron chi connectivity index (χ2n) is 5.60. The van der Waals surface area contributed by atoms with Crippen LogP contribution in [0.4, 0.5) is 10.1 Å². The molecule has 5 nitrogen and oxygen atoms in total. The summed E-state index contributed by atoms with van der Waals surface area (Å²) in [7, 11) is 0. The van der Waals surface area contributed by atoms with E-state index in [1.807, 2.05) is 18.2 Å². The first-order valence-corrected chi connectivity index (χ1v) is 9.21. The fourth-order valence-electron chi connectivity index (χ4n) is 2.10. The van der Waals surface area contributed by atoms with Gasteiger partial charge in [-0.1, -0.05) is 12.1 Å². The molecule has 26 heavy (non-hydrogen) atoms. The van der Waals surface area contributed by atoms with Gasteiger partial charge < -0.3 is 15.2 Å². The second-order valence-corrected chi connectivity index (χ2v) is 6.71. The average molecular weight is 377 g/mol. The number of hydrogen-bond donors (Lipinski definition) is 2. The van der Waals surface area contributed by atoms with E-state index in [2.05, 4.69) is 5.32 Å². The van der Waals surface area contributed by atoms with Crippen LogP contribution < -0.4 is 10.1 Å². The van der Waals surface area contributed by atoms with E-state index in [-0.39, 0.29) is 18.1 Å². The number of carbonyl (C=O) groups excluding carboxylic acids is 1. The lowest BCUT2D eigenvalue weighted by Gasteiger charge is -2.15. The van der Waals surface area contributed by atoms with E-state index in [4.69, 9.17) is 9.84 Å². The summed E-state index contributed by atoms with van der Waals surface area (Å²) in [6, 6.07) is 12.8. The van der Waals surface area contributed by atoms with Crippen molar-refractivity contribution in [2.75, 3.05) is 11.1 Å². The summed E-state index contributed by atoms with van der Waals surface area (Å²) in [4.78, 5) is 22.8. The number of rotatable bonds is 9. The average Bonchev–Trinajstić information content (AvgIpc) is 2.61. The maximum atomic E-state index is 12.9. The lowest BCUT2D eigenvalue weighted by molar-refractivity contribution is -0.136. The Morgan fingerprint density at radius 1 is 1.23 bits per heavy atom. The highest BCUT2D eigenvalue weighted by Gasteiger charge is 2.15. The summed E-state index contributed by atoms with van der Waals surface area (Å²) in [5.41, 5.74) is 1.63. The summed E-state index contributed by atoms with van der Waals surface area (Å²) in [5, 5.41) is 11.4. The number of carboxylic acid groups (broad SMARTS) is 1. The molecule has 2 rings (SSSR count). The van der Waals surface area contributed by atoms with Crippen molar-refractivity contribution >= 4 is 29.3 Å². The number of halogens is 1. The number of hydrogen-bond acceptors (Lipinski definition) is 4. The molecule has 138 valence electrons. The van der Waals surface area contributed by atoms with Crippen molar-refractivity contribution in [2.24, 2.45) is 0 Å². The van der Waals surface area contributed by atoms with Gasteiger partial charge >= 0.3 is 5.97 Å². The SMILES string of the molecule is CC(Oc1ccc(F)cc1)C(=O)Nc1cccc(CSCCC(=O)O)c1. The van der Waals surface area contributed by atoms with Gasteiger partial charge in [0.1, 0.15) is 11.6 Å². The Kier molecular flexibility index (Phi) is 7.47. The fourth-order valence-corrected chi connectivity index (χ4v) is 2.98. The maximum Gasteiger partial charge on any atom is 0.304 e. The molecule has 0 aromatic heterocycles. The van der Waals surface area contributed by atoms with Crippen molar-refractivity contribution in [3.05, 3.63) is 59.9 Å². The molecule has 0 heterocycles. The normalized spacial score (nSPS) is 11.6. The Balaban J connectivity index is 1.86. The first-order valence-electron chi connectivity index (χ1n) is 8.05. The van der Waals surface area contributed by atoms with Gasteiger partial charge in [0.15, 0.2) is 6.10 Å². The summed E-state index contributed by atoms with van der Waals surface area (Å²) in [6.07, 6.45) is -0.617. The summed E-state index contributed by atoms with van der Waals surface area (Å²) in [5.74, 6) is 0.122. The van der Waals surface area contributed by atoms with E-state index in [0.29, 0.717) is 22.9 Å². The number of carbonyl (C=O) groups is 2. The summed E-state index contributed by atoms with van der Waals surface area (Å²) >= 11 is 1.52. The van der Waals surface area contributed by atoms with Crippen LogP contribution in [0, 0.1) is 5.82 Å². The standard InChI is InChI=1S/C19H20FNO4S/c1-13(25-17-7-5-15(20)6-8-17)19(24)21-16-4-2-3-14(11-16)12-26-10-9-18(22)23/h2-8,11,13H,9-10,12H2,1H3,(H,21,24)(H,22,23). The van der Waals surface area contributed by atoms with E-state index in [1.165, 1.54) is 36.0 Å². The molecule has 1 atom stereocenters. The Bertz CT molecular complexity index is 751. The highest BCUT2D eigenvalue weighted by atomic mass is 32.2. The highest BCUT2D eigenvalue weighted by molar-refractivity contribution is 7.98. The van der Waals surface area contributed by atoms with Gasteiger partial charge in [-0.05, 0) is 48.9 Å². The van der Waals surface area contributed by atoms with Gasteiger partial charge in [0.05, 0.1) is 6.42 Å². The van der Waals surface area contributed by atoms with Gasteiger partial charge in [-0.3, -0.25) is 9.59 Å². The molecule has 1 unspecified atom stereocenters. The van der Waals surface area contributed by atoms with Gasteiger partial charge in [0, 0.05) is 17.2 Å². The Hall–Kier alpha value is -2.54. The van der Waals surface area contributed by atoms with E-state index in [1.54, 1.807) is 13.0 Å². The molecule has 0 aliphatic carbocycles. The van der Waals surface area contributed by atoms with Crippen molar-refractivity contribution in [1.29, 1.82) is 0 Å². The molecule has 0 fully saturated rings. The van der Waals surface area contributed by atoms with Gasteiger partial charge in [0.25, 0.3) is 5.91 Å². The van der Waals surface area contributed by atoms with E-state index in [0.717, 1.165) is 5.56 Å². The van der Waals surface area contributed by atoms with Gasteiger partial charge in [0.2, 0.25) is 0 Å². The first kappa shape index (κ1) is 19.8. The van der Waals surface area contributed by atoms with E-state index < -0.39 is 12.1 Å². The molecular formula is C19H20FNO4S. The Morgan fingerprint density at radius 2 is 1.96 bits per heavy atom. The minimum Gasteiger partial charge on any atom is -0.481 e. The zero-order chi connectivity index (χ0) is 18.9. The van der Waals surface area contributed by atoms with Crippen LogP contribution in [0.2, 0.25) is 0 Å². The second kappa shape index (κ2) is 9.82. The topological polar surface area (TPSA) is 75.6 Å². The van der Waals surface area contributed by atoms with Crippen LogP contribution in [0.5, 0.6) is 5.75 Å². The number of thioether (sulfide) groups is 1. The molecule has 0 spiro atoms. The van der Waals surface area contributed by atoms with Crippen LogP contribution in [0.1, 0.15) is 18.9 Å². The monoisotopic (exact) mass is 377 g/mol. The smallest absolute Gasteiger partial charge is 0.304 e. The predicted octanol–water partition coefficient (Wildman–Crippen LogP) is 3.94. The minimum absolute atomic E-state index is 0.124. The van der Waals surface area contributed by atoms with Crippen molar-refractivity contribution in [3.8, 4) is 5.75 Å². The third-order valence-electron chi connectivity index (χ3n) is 3.42. The van der Waals surface area contributed by atoms with Gasteiger partial charge in [-0.2, -0.15) is 11.8 Å². The number of anilines is 1. The summed E-state index contributed by atoms with van der Waals surface area (Å²) < 4.78 is 18.4. The van der Waals surface area contributed by atoms with Crippen LogP contribution in [0.25, 0.3) is 0 Å². The van der Waals surface area contributed by atoms with E-state index in [9.17, 15) is 14.0 Å². The number of ether oxygens (including phenoxy) is 1. The highest BCUT2D eigenvalue weighted by Crippen LogP contribution is 2.18. The van der Waals surface area contributed by atoms with Crippen LogP contribution in [-0.4, -0.2) is 28.8 Å². The van der Waals surface area contributed by atoms with Gasteiger partial charge in [-0.25, -0.2) is 4.39 Å². The molecule has 1 amide bonds. The predicted molar refractivity (Wildman–Crippen MR) is 100.0 cm³/mol. The van der Waals surface area contributed by atoms with Crippen LogP contribution in [0.3, 0.4) is 0 Å². The fraction of sp³-hybridized carbons (Fsp3) is 0.263. The molecule has 2 N–H and O–H groups in total. The van der Waals surface area contributed by atoms with Crippen molar-refractivity contribution in [2.45, 2.75) is 25.2 Å². The van der Waals surface area contributed by atoms with Crippen molar-refractivity contribution in [3.63, 3.8) is 0 Å². The molecule has 0 aliphatic heterocycles. The Labute approximate surface area is 155 Å². The quantitative estimate of drug-likeness (QED) is 0.648. The molecule has 0 aliphatic rings. The molecule has 7 heteroatoms. The number of nitrogens with one attached hydrogen (secondary N) is 1. The Morgan fingerprint density at radius 3 is 2.65 bits per heavy atom. The molecule has 0 saturated carbocycles. The van der Waals surface area contributed by atoms with Crippen molar-refractivity contribution in [1.82, 2.24) is 0 Å². The minimum atomic E-state index is -0.811. The van der Waals surface area contributed by atoms with Crippen LogP contribution >= 0.6 is 11.8 Å². The number of aliphatic carboxylic acids is 1. The molecular weight excluding hydrogens is 357 g/mol. The lowest BCUT2D eigenvalue weighted by atomic mass is 10.2. The number of carboxylic acids is 1. The number of amides is 1. The first-order chi connectivity index (χ1) is 12.4. The molecule has 0 saturated heterocycles. The largest absolute Gasteiger partial charge is 0.481 e. The van der Waals surface area contributed by atoms with Crippen LogP contribution in [-0.2, 0) is 15.3 Å². The lowest BCUT2D eigenvalue weighted by Crippen LogP contribution is -2.30.